The molecule has 0 saturated carbocycles. The quantitative estimate of drug-likeness (QED) is 0.869. The van der Waals surface area contributed by atoms with Crippen molar-refractivity contribution in [2.75, 3.05) is 20.2 Å². The molecule has 0 radical (unpaired) electrons. The number of aryl methyl sites for hydroxylation is 1. The number of ether oxygens (including phenoxy) is 1. The zero-order valence-electron chi connectivity index (χ0n) is 14.9. The van der Waals surface area contributed by atoms with Gasteiger partial charge in [-0.2, -0.15) is 0 Å². The van der Waals surface area contributed by atoms with Crippen LogP contribution in [0.1, 0.15) is 24.7 Å². The Hall–Kier alpha value is -2.50. The van der Waals surface area contributed by atoms with Crippen LogP contribution in [0.2, 0.25) is 0 Å². The monoisotopic (exact) mass is 344 g/mol. The van der Waals surface area contributed by atoms with E-state index in [1.807, 2.05) is 38.1 Å². The average Bonchev–Trinajstić information content (AvgIpc) is 2.94. The second kappa shape index (κ2) is 7.17. The number of para-hydroxylation sites is 1. The largest absolute Gasteiger partial charge is 0.469 e. The Morgan fingerprint density at radius 3 is 2.84 bits per heavy atom. The number of amides is 2. The van der Waals surface area contributed by atoms with Gasteiger partial charge in [0.2, 0.25) is 0 Å². The smallest absolute Gasteiger partial charge is 0.317 e. The second-order valence-electron chi connectivity index (χ2n) is 6.63. The molecule has 134 valence electrons. The van der Waals surface area contributed by atoms with Crippen molar-refractivity contribution in [2.24, 2.45) is 11.8 Å². The van der Waals surface area contributed by atoms with Gasteiger partial charge in [0.15, 0.2) is 0 Å². The Morgan fingerprint density at radius 2 is 2.12 bits per heavy atom. The molecular formula is C19H24N2O4. The van der Waals surface area contributed by atoms with Crippen LogP contribution in [0, 0.1) is 18.8 Å². The lowest BCUT2D eigenvalue weighted by atomic mass is 9.87. The van der Waals surface area contributed by atoms with E-state index >= 15 is 0 Å². The topological polar surface area (TPSA) is 71.8 Å². The SMILES string of the molecule is COC(=O)[C@H]1CCN(C(=O)NCc2c(C)oc3ccccc23)C[C@@H]1C. The maximum absolute atomic E-state index is 12.5. The van der Waals surface area contributed by atoms with Gasteiger partial charge in [0.25, 0.3) is 0 Å². The molecule has 2 amide bonds. The molecular weight excluding hydrogens is 320 g/mol. The number of fused-ring (bicyclic) bond motifs is 1. The van der Waals surface area contributed by atoms with Crippen LogP contribution in [0.5, 0.6) is 0 Å². The lowest BCUT2D eigenvalue weighted by Gasteiger charge is -2.35. The minimum absolute atomic E-state index is 0.0865. The van der Waals surface area contributed by atoms with E-state index in [4.69, 9.17) is 9.15 Å². The number of hydrogen-bond donors (Lipinski definition) is 1. The van der Waals surface area contributed by atoms with Crippen molar-refractivity contribution in [3.05, 3.63) is 35.6 Å². The van der Waals surface area contributed by atoms with Gasteiger partial charge in [-0.15, -0.1) is 0 Å². The van der Waals surface area contributed by atoms with Gasteiger partial charge in [-0.3, -0.25) is 4.79 Å². The number of carbonyl (C=O) groups is 2. The van der Waals surface area contributed by atoms with Gasteiger partial charge in [0, 0.05) is 30.6 Å². The molecule has 6 nitrogen and oxygen atoms in total. The molecule has 2 atom stereocenters. The van der Waals surface area contributed by atoms with E-state index < -0.39 is 0 Å². The number of furan rings is 1. The van der Waals surface area contributed by atoms with Crippen molar-refractivity contribution >= 4 is 23.0 Å². The summed E-state index contributed by atoms with van der Waals surface area (Å²) in [7, 11) is 1.41. The minimum Gasteiger partial charge on any atom is -0.469 e. The number of nitrogens with one attached hydrogen (secondary N) is 1. The van der Waals surface area contributed by atoms with Gasteiger partial charge in [0.1, 0.15) is 11.3 Å². The van der Waals surface area contributed by atoms with Gasteiger partial charge in [-0.25, -0.2) is 4.79 Å². The van der Waals surface area contributed by atoms with E-state index in [1.54, 1.807) is 4.90 Å². The van der Waals surface area contributed by atoms with Crippen LogP contribution < -0.4 is 5.32 Å². The summed E-state index contributed by atoms with van der Waals surface area (Å²) in [5, 5.41) is 4.00. The lowest BCUT2D eigenvalue weighted by Crippen LogP contribution is -2.48. The number of likely N-dealkylation sites (tertiary alicyclic amines) is 1. The van der Waals surface area contributed by atoms with Crippen LogP contribution in [-0.2, 0) is 16.1 Å². The van der Waals surface area contributed by atoms with E-state index in [1.165, 1.54) is 7.11 Å². The summed E-state index contributed by atoms with van der Waals surface area (Å²) in [5.74, 6) is 0.588. The third kappa shape index (κ3) is 3.48. The number of urea groups is 1. The predicted octanol–water partition coefficient (Wildman–Crippen LogP) is 3.08. The molecule has 1 N–H and O–H groups in total. The zero-order valence-corrected chi connectivity index (χ0v) is 14.9. The summed E-state index contributed by atoms with van der Waals surface area (Å²) >= 11 is 0. The molecule has 1 aromatic heterocycles. The van der Waals surface area contributed by atoms with Crippen molar-refractivity contribution in [1.82, 2.24) is 10.2 Å². The average molecular weight is 344 g/mol. The number of esters is 1. The fraction of sp³-hybridized carbons (Fsp3) is 0.474. The van der Waals surface area contributed by atoms with E-state index in [-0.39, 0.29) is 23.8 Å². The lowest BCUT2D eigenvalue weighted by molar-refractivity contribution is -0.148. The predicted molar refractivity (Wildman–Crippen MR) is 94.0 cm³/mol. The van der Waals surface area contributed by atoms with Gasteiger partial charge >= 0.3 is 12.0 Å². The van der Waals surface area contributed by atoms with Crippen LogP contribution in [-0.4, -0.2) is 37.1 Å². The number of carbonyl (C=O) groups excluding carboxylic acids is 2. The highest BCUT2D eigenvalue weighted by Gasteiger charge is 2.33. The van der Waals surface area contributed by atoms with Crippen molar-refractivity contribution in [2.45, 2.75) is 26.8 Å². The molecule has 2 aromatic rings. The summed E-state index contributed by atoms with van der Waals surface area (Å²) < 4.78 is 10.6. The molecule has 6 heteroatoms. The third-order valence-corrected chi connectivity index (χ3v) is 5.01. The maximum atomic E-state index is 12.5. The molecule has 1 aromatic carbocycles. The van der Waals surface area contributed by atoms with Crippen LogP contribution in [0.15, 0.2) is 28.7 Å². The summed E-state index contributed by atoms with van der Waals surface area (Å²) in [4.78, 5) is 26.0. The molecule has 1 saturated heterocycles. The van der Waals surface area contributed by atoms with Gasteiger partial charge in [-0.1, -0.05) is 25.1 Å². The van der Waals surface area contributed by atoms with Gasteiger partial charge in [-0.05, 0) is 25.3 Å². The van der Waals surface area contributed by atoms with E-state index in [0.717, 1.165) is 22.3 Å². The summed E-state index contributed by atoms with van der Waals surface area (Å²) in [6.45, 7) is 5.42. The zero-order chi connectivity index (χ0) is 18.0. The van der Waals surface area contributed by atoms with Gasteiger partial charge < -0.3 is 19.4 Å². The highest BCUT2D eigenvalue weighted by Crippen LogP contribution is 2.26. The molecule has 25 heavy (non-hydrogen) atoms. The first-order valence-corrected chi connectivity index (χ1v) is 8.59. The number of rotatable bonds is 3. The van der Waals surface area contributed by atoms with Crippen molar-refractivity contribution < 1.29 is 18.7 Å². The number of nitrogens with zero attached hydrogens (tertiary/aromatic N) is 1. The number of hydrogen-bond acceptors (Lipinski definition) is 4. The molecule has 3 rings (SSSR count). The summed E-state index contributed by atoms with van der Waals surface area (Å²) in [6.07, 6.45) is 0.634. The molecule has 0 unspecified atom stereocenters. The highest BCUT2D eigenvalue weighted by molar-refractivity contribution is 5.83. The summed E-state index contributed by atoms with van der Waals surface area (Å²) in [6, 6.07) is 7.70. The van der Waals surface area contributed by atoms with Crippen LogP contribution >= 0.6 is 0 Å². The number of methoxy groups -OCH3 is 1. The molecule has 1 aliphatic rings. The van der Waals surface area contributed by atoms with Crippen LogP contribution in [0.25, 0.3) is 11.0 Å². The Kier molecular flexibility index (Phi) is 4.97. The molecule has 0 aliphatic carbocycles. The first kappa shape index (κ1) is 17.3. The first-order chi connectivity index (χ1) is 12.0. The fourth-order valence-electron chi connectivity index (χ4n) is 3.55. The third-order valence-electron chi connectivity index (χ3n) is 5.01. The van der Waals surface area contributed by atoms with Crippen molar-refractivity contribution in [1.29, 1.82) is 0 Å². The Morgan fingerprint density at radius 1 is 1.36 bits per heavy atom. The van der Waals surface area contributed by atoms with Crippen LogP contribution in [0.3, 0.4) is 0 Å². The van der Waals surface area contributed by atoms with Gasteiger partial charge in [0.05, 0.1) is 13.0 Å². The Labute approximate surface area is 147 Å². The first-order valence-electron chi connectivity index (χ1n) is 8.59. The second-order valence-corrected chi connectivity index (χ2v) is 6.63. The Bertz CT molecular complexity index is 783. The standard InChI is InChI=1S/C19H24N2O4/c1-12-11-21(9-8-14(12)18(22)24-3)19(23)20-10-16-13(2)25-17-7-5-4-6-15(16)17/h4-7,12,14H,8-11H2,1-3H3,(H,20,23)/t12-,14-/m0/s1. The number of piperidine rings is 1. The minimum atomic E-state index is -0.187. The van der Waals surface area contributed by atoms with Crippen LogP contribution in [0.4, 0.5) is 4.79 Å². The normalized spacial score (nSPS) is 20.5. The van der Waals surface area contributed by atoms with Crippen molar-refractivity contribution in [3.63, 3.8) is 0 Å². The molecule has 2 heterocycles. The van der Waals surface area contributed by atoms with E-state index in [2.05, 4.69) is 5.32 Å². The number of benzene rings is 1. The van der Waals surface area contributed by atoms with E-state index in [9.17, 15) is 9.59 Å². The summed E-state index contributed by atoms with van der Waals surface area (Å²) in [5.41, 5.74) is 1.83. The fourth-order valence-corrected chi connectivity index (χ4v) is 3.55. The highest BCUT2D eigenvalue weighted by atomic mass is 16.5. The molecule has 1 fully saturated rings. The molecule has 1 aliphatic heterocycles. The maximum Gasteiger partial charge on any atom is 0.317 e. The molecule has 0 bridgehead atoms. The molecule has 0 spiro atoms. The Balaban J connectivity index is 1.61. The van der Waals surface area contributed by atoms with E-state index in [0.29, 0.717) is 26.1 Å². The van der Waals surface area contributed by atoms with Crippen molar-refractivity contribution in [3.8, 4) is 0 Å².